The molecule has 5 rings (SSSR count). The average Bonchev–Trinajstić information content (AvgIpc) is 3.04. The molecule has 7 heteroatoms. The number of nitrogens with zero attached hydrogens (tertiary/aromatic N) is 2. The van der Waals surface area contributed by atoms with E-state index >= 15 is 0 Å². The van der Waals surface area contributed by atoms with Gasteiger partial charge in [0.05, 0.1) is 0 Å². The average molecular weight is 432 g/mol. The molecule has 31 heavy (non-hydrogen) atoms. The summed E-state index contributed by atoms with van der Waals surface area (Å²) < 4.78 is 28.3. The van der Waals surface area contributed by atoms with Crippen molar-refractivity contribution in [1.29, 1.82) is 0 Å². The fourth-order valence-corrected chi connectivity index (χ4v) is 5.40. The van der Waals surface area contributed by atoms with Gasteiger partial charge in [0, 0.05) is 29.9 Å². The van der Waals surface area contributed by atoms with Crippen LogP contribution in [-0.2, 0) is 16.6 Å². The molecule has 0 saturated heterocycles. The van der Waals surface area contributed by atoms with Crippen LogP contribution in [0.1, 0.15) is 39.9 Å². The van der Waals surface area contributed by atoms with Crippen LogP contribution in [0.25, 0.3) is 0 Å². The van der Waals surface area contributed by atoms with Crippen LogP contribution in [0.15, 0.2) is 82.1 Å². The van der Waals surface area contributed by atoms with E-state index in [1.54, 1.807) is 48.5 Å². The largest absolute Gasteiger partial charge is 0.339 e. The van der Waals surface area contributed by atoms with Gasteiger partial charge in [0.25, 0.3) is 15.9 Å². The van der Waals surface area contributed by atoms with Crippen LogP contribution in [-0.4, -0.2) is 31.6 Å². The van der Waals surface area contributed by atoms with Gasteiger partial charge < -0.3 is 10.2 Å². The normalized spacial score (nSPS) is 18.7. The zero-order valence-corrected chi connectivity index (χ0v) is 17.8. The van der Waals surface area contributed by atoms with E-state index in [0.717, 1.165) is 0 Å². The topological polar surface area (TPSA) is 78.8 Å². The summed E-state index contributed by atoms with van der Waals surface area (Å²) in [6, 6.07) is 22.0. The molecule has 1 N–H and O–H groups in total. The number of carbonyl (C=O) groups excluding carboxylic acids is 1. The van der Waals surface area contributed by atoms with Gasteiger partial charge in [-0.15, -0.1) is 4.40 Å². The van der Waals surface area contributed by atoms with Gasteiger partial charge in [-0.2, -0.15) is 8.42 Å². The van der Waals surface area contributed by atoms with Crippen LogP contribution in [0.2, 0.25) is 0 Å². The molecule has 0 spiro atoms. The van der Waals surface area contributed by atoms with Crippen molar-refractivity contribution in [3.63, 3.8) is 0 Å². The predicted octanol–water partition coefficient (Wildman–Crippen LogP) is 4.01. The first-order valence-electron chi connectivity index (χ1n) is 10.1. The van der Waals surface area contributed by atoms with Crippen molar-refractivity contribution in [2.45, 2.75) is 24.3 Å². The molecule has 0 aromatic heterocycles. The molecule has 3 aromatic rings. The minimum atomic E-state index is -3.68. The van der Waals surface area contributed by atoms with Crippen molar-refractivity contribution >= 4 is 27.5 Å². The summed E-state index contributed by atoms with van der Waals surface area (Å²) in [5, 5.41) is 3.06. The number of sulfonamides is 1. The quantitative estimate of drug-likeness (QED) is 0.665. The van der Waals surface area contributed by atoms with Crippen molar-refractivity contribution in [1.82, 2.24) is 4.90 Å². The van der Waals surface area contributed by atoms with Crippen molar-refractivity contribution in [2.75, 3.05) is 11.9 Å². The van der Waals surface area contributed by atoms with Crippen molar-refractivity contribution < 1.29 is 13.2 Å². The summed E-state index contributed by atoms with van der Waals surface area (Å²) in [6.07, 6.45) is 0. The van der Waals surface area contributed by atoms with E-state index in [1.165, 1.54) is 11.1 Å². The SMILES string of the molecule is CC1CN(C(=O)c2ccc(NC3=NS(=O)(=O)c4ccccc43)cc2)Cc2ccccc21. The van der Waals surface area contributed by atoms with Gasteiger partial charge >= 0.3 is 0 Å². The van der Waals surface area contributed by atoms with E-state index in [-0.39, 0.29) is 22.6 Å². The Morgan fingerprint density at radius 2 is 1.71 bits per heavy atom. The lowest BCUT2D eigenvalue weighted by Gasteiger charge is -2.33. The molecule has 0 radical (unpaired) electrons. The second-order valence-corrected chi connectivity index (χ2v) is 9.47. The van der Waals surface area contributed by atoms with Gasteiger partial charge in [0.2, 0.25) is 0 Å². The number of hydrogen-bond donors (Lipinski definition) is 1. The Morgan fingerprint density at radius 3 is 2.52 bits per heavy atom. The number of benzene rings is 3. The highest BCUT2D eigenvalue weighted by Crippen LogP contribution is 2.29. The molecule has 3 aromatic carbocycles. The number of anilines is 1. The molecule has 1 atom stereocenters. The van der Waals surface area contributed by atoms with Crippen LogP contribution in [0.5, 0.6) is 0 Å². The fraction of sp³-hybridized carbons (Fsp3) is 0.167. The lowest BCUT2D eigenvalue weighted by Crippen LogP contribution is -2.37. The summed E-state index contributed by atoms with van der Waals surface area (Å²) in [5.74, 6) is 0.562. The number of fused-ring (bicyclic) bond motifs is 2. The molecule has 1 unspecified atom stereocenters. The maximum atomic E-state index is 13.1. The number of carbonyl (C=O) groups is 1. The zero-order chi connectivity index (χ0) is 21.6. The summed E-state index contributed by atoms with van der Waals surface area (Å²) in [4.78, 5) is 15.1. The van der Waals surface area contributed by atoms with Crippen LogP contribution in [0, 0.1) is 0 Å². The van der Waals surface area contributed by atoms with E-state index in [1.807, 2.05) is 17.0 Å². The Labute approximate surface area is 181 Å². The van der Waals surface area contributed by atoms with Gasteiger partial charge in [0.15, 0.2) is 5.84 Å². The smallest absolute Gasteiger partial charge is 0.285 e. The number of amidine groups is 1. The summed E-state index contributed by atoms with van der Waals surface area (Å²) in [7, 11) is -3.68. The van der Waals surface area contributed by atoms with Crippen LogP contribution >= 0.6 is 0 Å². The molecule has 0 bridgehead atoms. The number of amides is 1. The van der Waals surface area contributed by atoms with Gasteiger partial charge in [-0.3, -0.25) is 4.79 Å². The maximum Gasteiger partial charge on any atom is 0.285 e. The molecule has 0 aliphatic carbocycles. The first-order chi connectivity index (χ1) is 14.9. The molecule has 156 valence electrons. The third-order valence-corrected chi connectivity index (χ3v) is 7.09. The van der Waals surface area contributed by atoms with Gasteiger partial charge in [0.1, 0.15) is 4.90 Å². The third kappa shape index (κ3) is 3.51. The van der Waals surface area contributed by atoms with Gasteiger partial charge in [-0.25, -0.2) is 0 Å². The first-order valence-corrected chi connectivity index (χ1v) is 11.5. The molecule has 2 aliphatic heterocycles. The Morgan fingerprint density at radius 1 is 1.00 bits per heavy atom. The zero-order valence-electron chi connectivity index (χ0n) is 16.9. The van der Waals surface area contributed by atoms with Crippen molar-refractivity contribution in [3.8, 4) is 0 Å². The summed E-state index contributed by atoms with van der Waals surface area (Å²) in [6.45, 7) is 3.42. The van der Waals surface area contributed by atoms with Crippen LogP contribution < -0.4 is 5.32 Å². The molecule has 6 nitrogen and oxygen atoms in total. The van der Waals surface area contributed by atoms with Crippen molar-refractivity contribution in [3.05, 3.63) is 95.1 Å². The molecule has 1 amide bonds. The summed E-state index contributed by atoms with van der Waals surface area (Å²) >= 11 is 0. The van der Waals surface area contributed by atoms with Crippen molar-refractivity contribution in [2.24, 2.45) is 4.40 Å². The standard InChI is InChI=1S/C24H21N3O3S/c1-16-14-27(15-18-6-2-3-7-20(16)18)24(28)17-10-12-19(13-11-17)25-23-21-8-4-5-9-22(21)31(29,30)26-23/h2-13,16H,14-15H2,1H3,(H,25,26). The van der Waals surface area contributed by atoms with E-state index in [9.17, 15) is 13.2 Å². The van der Waals surface area contributed by atoms with Gasteiger partial charge in [-0.05, 0) is 53.4 Å². The van der Waals surface area contributed by atoms with E-state index < -0.39 is 10.0 Å². The number of hydrogen-bond acceptors (Lipinski definition) is 4. The maximum absolute atomic E-state index is 13.1. The molecule has 0 fully saturated rings. The first kappa shape index (κ1) is 19.5. The van der Waals surface area contributed by atoms with E-state index in [4.69, 9.17) is 0 Å². The monoisotopic (exact) mass is 431 g/mol. The third-order valence-electron chi connectivity index (χ3n) is 5.75. The molecular formula is C24H21N3O3S. The van der Waals surface area contributed by atoms with E-state index in [2.05, 4.69) is 28.8 Å². The summed E-state index contributed by atoms with van der Waals surface area (Å²) in [5.41, 5.74) is 4.30. The lowest BCUT2D eigenvalue weighted by atomic mass is 9.91. The van der Waals surface area contributed by atoms with Crippen LogP contribution in [0.3, 0.4) is 0 Å². The number of rotatable bonds is 2. The van der Waals surface area contributed by atoms with Gasteiger partial charge in [-0.1, -0.05) is 43.3 Å². The Bertz CT molecular complexity index is 1310. The molecule has 0 saturated carbocycles. The Kier molecular flexibility index (Phi) is 4.63. The Balaban J connectivity index is 1.34. The fourth-order valence-electron chi connectivity index (χ4n) is 4.22. The lowest BCUT2D eigenvalue weighted by molar-refractivity contribution is 0.0721. The van der Waals surface area contributed by atoms with Crippen LogP contribution in [0.4, 0.5) is 5.69 Å². The highest BCUT2D eigenvalue weighted by Gasteiger charge is 2.29. The number of nitrogens with one attached hydrogen (secondary N) is 1. The molecule has 2 aliphatic rings. The molecule has 2 heterocycles. The highest BCUT2D eigenvalue weighted by molar-refractivity contribution is 7.90. The minimum Gasteiger partial charge on any atom is -0.339 e. The second kappa shape index (κ2) is 7.35. The minimum absolute atomic E-state index is 0.0148. The highest BCUT2D eigenvalue weighted by atomic mass is 32.2. The predicted molar refractivity (Wildman–Crippen MR) is 120 cm³/mol. The second-order valence-electron chi connectivity index (χ2n) is 7.90. The van der Waals surface area contributed by atoms with E-state index in [0.29, 0.717) is 29.9 Å². The molecular weight excluding hydrogens is 410 g/mol. The Hall–Kier alpha value is -3.45.